The maximum absolute atomic E-state index is 11.8. The molecule has 1 aromatic rings. The highest BCUT2D eigenvalue weighted by molar-refractivity contribution is 5.98. The molecule has 0 radical (unpaired) electrons. The van der Waals surface area contributed by atoms with Gasteiger partial charge in [0, 0.05) is 18.8 Å². The lowest BCUT2D eigenvalue weighted by Crippen LogP contribution is -2.38. The smallest absolute Gasteiger partial charge is 0.307 e. The van der Waals surface area contributed by atoms with Crippen molar-refractivity contribution < 1.29 is 19.1 Å². The van der Waals surface area contributed by atoms with Crippen molar-refractivity contribution in [2.45, 2.75) is 20.3 Å². The summed E-state index contributed by atoms with van der Waals surface area (Å²) in [6.45, 7) is 5.26. The zero-order chi connectivity index (χ0) is 15.2. The minimum Gasteiger partial charge on any atom is -0.482 e. The number of rotatable bonds is 6. The van der Waals surface area contributed by atoms with Gasteiger partial charge in [0.1, 0.15) is 5.75 Å². The van der Waals surface area contributed by atoms with Crippen LogP contribution < -0.4 is 15.0 Å². The van der Waals surface area contributed by atoms with Gasteiger partial charge in [-0.3, -0.25) is 9.59 Å². The molecule has 0 saturated heterocycles. The van der Waals surface area contributed by atoms with Crippen LogP contribution in [0.1, 0.15) is 20.3 Å². The molecular weight excluding hydrogens is 272 g/mol. The first-order valence-corrected chi connectivity index (χ1v) is 7.12. The van der Waals surface area contributed by atoms with Crippen LogP contribution >= 0.6 is 0 Å². The molecule has 1 heterocycles. The fraction of sp³-hybridized carbons (Fsp3) is 0.467. The molecule has 0 fully saturated rings. The van der Waals surface area contributed by atoms with Gasteiger partial charge in [0.25, 0.3) is 5.91 Å². The second-order valence-corrected chi connectivity index (χ2v) is 4.59. The number of esters is 1. The molecule has 114 valence electrons. The maximum atomic E-state index is 11.8. The molecule has 1 aliphatic rings. The molecule has 0 spiro atoms. The quantitative estimate of drug-likeness (QED) is 0.810. The Morgan fingerprint density at radius 1 is 1.43 bits per heavy atom. The van der Waals surface area contributed by atoms with Crippen LogP contribution in [0.3, 0.4) is 0 Å². The van der Waals surface area contributed by atoms with E-state index in [0.29, 0.717) is 31.9 Å². The Morgan fingerprint density at radius 2 is 2.24 bits per heavy atom. The Hall–Kier alpha value is -2.24. The highest BCUT2D eigenvalue weighted by Crippen LogP contribution is 2.34. The number of hydrogen-bond donors (Lipinski definition) is 1. The Morgan fingerprint density at radius 3 is 2.95 bits per heavy atom. The molecule has 0 aromatic heterocycles. The third-order valence-electron chi connectivity index (χ3n) is 3.18. The first kappa shape index (κ1) is 15.2. The predicted octanol–water partition coefficient (Wildman–Crippen LogP) is 1.80. The number of likely N-dealkylation sites (N-methyl/N-ethyl adjacent to an activating group) is 1. The van der Waals surface area contributed by atoms with E-state index < -0.39 is 0 Å². The molecule has 1 aliphatic heterocycles. The van der Waals surface area contributed by atoms with Crippen molar-refractivity contribution in [2.75, 3.05) is 36.5 Å². The molecule has 0 bridgehead atoms. The highest BCUT2D eigenvalue weighted by atomic mass is 16.5. The largest absolute Gasteiger partial charge is 0.482 e. The van der Waals surface area contributed by atoms with Gasteiger partial charge in [-0.2, -0.15) is 0 Å². The number of anilines is 2. The average Bonchev–Trinajstić information content (AvgIpc) is 2.47. The van der Waals surface area contributed by atoms with E-state index in [9.17, 15) is 9.59 Å². The van der Waals surface area contributed by atoms with Crippen LogP contribution in [0, 0.1) is 0 Å². The van der Waals surface area contributed by atoms with Crippen molar-refractivity contribution in [1.82, 2.24) is 0 Å². The summed E-state index contributed by atoms with van der Waals surface area (Å²) in [4.78, 5) is 24.8. The molecular formula is C15H20N2O4. The summed E-state index contributed by atoms with van der Waals surface area (Å²) in [6.07, 6.45) is 0.303. The van der Waals surface area contributed by atoms with Crippen LogP contribution in [0.15, 0.2) is 18.2 Å². The van der Waals surface area contributed by atoms with Gasteiger partial charge in [-0.05, 0) is 32.0 Å². The standard InChI is InChI=1S/C15H20N2O4/c1-3-17-12-9-11(16-8-7-15(19)20-4-2)5-6-13(12)21-10-14(17)18/h5-6,9,16H,3-4,7-8,10H2,1-2H3. The second-order valence-electron chi connectivity index (χ2n) is 4.59. The fourth-order valence-electron chi connectivity index (χ4n) is 2.20. The fourth-order valence-corrected chi connectivity index (χ4v) is 2.20. The maximum Gasteiger partial charge on any atom is 0.307 e. The van der Waals surface area contributed by atoms with Crippen LogP contribution in [0.2, 0.25) is 0 Å². The summed E-state index contributed by atoms with van der Waals surface area (Å²) < 4.78 is 10.3. The van der Waals surface area contributed by atoms with Gasteiger partial charge < -0.3 is 19.7 Å². The van der Waals surface area contributed by atoms with Gasteiger partial charge in [-0.15, -0.1) is 0 Å². The number of hydrogen-bond acceptors (Lipinski definition) is 5. The molecule has 0 atom stereocenters. The monoisotopic (exact) mass is 292 g/mol. The van der Waals surface area contributed by atoms with Gasteiger partial charge in [0.15, 0.2) is 6.61 Å². The van der Waals surface area contributed by atoms with E-state index in [1.54, 1.807) is 11.8 Å². The van der Waals surface area contributed by atoms with Crippen molar-refractivity contribution in [3.8, 4) is 5.75 Å². The van der Waals surface area contributed by atoms with E-state index in [2.05, 4.69) is 5.32 Å². The van der Waals surface area contributed by atoms with Crippen LogP contribution in [0.4, 0.5) is 11.4 Å². The van der Waals surface area contributed by atoms with Crippen molar-refractivity contribution >= 4 is 23.3 Å². The Labute approximate surface area is 124 Å². The second kappa shape index (κ2) is 6.97. The molecule has 2 rings (SSSR count). The molecule has 6 nitrogen and oxygen atoms in total. The number of carbonyl (C=O) groups is 2. The summed E-state index contributed by atoms with van der Waals surface area (Å²) in [5, 5.41) is 3.15. The summed E-state index contributed by atoms with van der Waals surface area (Å²) in [5.41, 5.74) is 1.60. The number of ether oxygens (including phenoxy) is 2. The van der Waals surface area contributed by atoms with Crippen molar-refractivity contribution in [3.05, 3.63) is 18.2 Å². The number of benzene rings is 1. The lowest BCUT2D eigenvalue weighted by molar-refractivity contribution is -0.142. The Balaban J connectivity index is 2.01. The molecule has 6 heteroatoms. The predicted molar refractivity (Wildman–Crippen MR) is 79.7 cm³/mol. The van der Waals surface area contributed by atoms with E-state index in [1.807, 2.05) is 25.1 Å². The molecule has 1 amide bonds. The first-order chi connectivity index (χ1) is 10.2. The van der Waals surface area contributed by atoms with E-state index in [1.165, 1.54) is 0 Å². The zero-order valence-corrected chi connectivity index (χ0v) is 12.3. The molecule has 21 heavy (non-hydrogen) atoms. The average molecular weight is 292 g/mol. The van der Waals surface area contributed by atoms with Gasteiger partial charge in [0.2, 0.25) is 0 Å². The molecule has 0 unspecified atom stereocenters. The normalized spacial score (nSPS) is 13.4. The van der Waals surface area contributed by atoms with Crippen LogP contribution in [-0.4, -0.2) is 38.2 Å². The minimum absolute atomic E-state index is 0.0475. The zero-order valence-electron chi connectivity index (χ0n) is 12.3. The van der Waals surface area contributed by atoms with E-state index in [4.69, 9.17) is 9.47 Å². The summed E-state index contributed by atoms with van der Waals surface area (Å²) >= 11 is 0. The van der Waals surface area contributed by atoms with Crippen LogP contribution in [0.5, 0.6) is 5.75 Å². The highest BCUT2D eigenvalue weighted by Gasteiger charge is 2.24. The summed E-state index contributed by atoms with van der Waals surface area (Å²) in [5.74, 6) is 0.428. The lowest BCUT2D eigenvalue weighted by atomic mass is 10.2. The van der Waals surface area contributed by atoms with Gasteiger partial charge in [-0.1, -0.05) is 0 Å². The third-order valence-corrected chi connectivity index (χ3v) is 3.18. The third kappa shape index (κ3) is 3.65. The summed E-state index contributed by atoms with van der Waals surface area (Å²) in [7, 11) is 0. The Kier molecular flexibility index (Phi) is 5.03. The number of fused-ring (bicyclic) bond motifs is 1. The van der Waals surface area contributed by atoms with Gasteiger partial charge >= 0.3 is 5.97 Å². The van der Waals surface area contributed by atoms with Crippen molar-refractivity contribution in [3.63, 3.8) is 0 Å². The van der Waals surface area contributed by atoms with Gasteiger partial charge in [0.05, 0.1) is 18.7 Å². The summed E-state index contributed by atoms with van der Waals surface area (Å²) in [6, 6.07) is 5.56. The molecule has 0 aliphatic carbocycles. The number of nitrogens with one attached hydrogen (secondary N) is 1. The topological polar surface area (TPSA) is 67.9 Å². The number of nitrogens with zero attached hydrogens (tertiary/aromatic N) is 1. The minimum atomic E-state index is -0.225. The van der Waals surface area contributed by atoms with E-state index in [-0.39, 0.29) is 18.5 Å². The van der Waals surface area contributed by atoms with Crippen LogP contribution in [-0.2, 0) is 14.3 Å². The first-order valence-electron chi connectivity index (χ1n) is 7.12. The van der Waals surface area contributed by atoms with Crippen LogP contribution in [0.25, 0.3) is 0 Å². The number of carbonyl (C=O) groups excluding carboxylic acids is 2. The van der Waals surface area contributed by atoms with Crippen molar-refractivity contribution in [1.29, 1.82) is 0 Å². The molecule has 1 aromatic carbocycles. The van der Waals surface area contributed by atoms with Crippen molar-refractivity contribution in [2.24, 2.45) is 0 Å². The lowest BCUT2D eigenvalue weighted by Gasteiger charge is -2.28. The Bertz CT molecular complexity index is 530. The van der Waals surface area contributed by atoms with E-state index >= 15 is 0 Å². The van der Waals surface area contributed by atoms with E-state index in [0.717, 1.165) is 11.4 Å². The number of amides is 1. The molecule has 0 saturated carbocycles. The SMILES string of the molecule is CCOC(=O)CCNc1ccc2c(c1)N(CC)C(=O)CO2. The van der Waals surface area contributed by atoms with Gasteiger partial charge in [-0.25, -0.2) is 0 Å². The molecule has 1 N–H and O–H groups in total.